The molecule has 1 aromatic heterocycles. The van der Waals surface area contributed by atoms with Gasteiger partial charge in [-0.3, -0.25) is 14.7 Å². The van der Waals surface area contributed by atoms with E-state index in [0.29, 0.717) is 6.54 Å². The van der Waals surface area contributed by atoms with Gasteiger partial charge in [-0.15, -0.1) is 34.2 Å². The summed E-state index contributed by atoms with van der Waals surface area (Å²) in [6.07, 6.45) is 7.22. The SMILES string of the molecule is CCCCN=C(NCCn1cnnc1CC)N1CCN(CC(=O)N2CCCC2)CC1.I. The van der Waals surface area contributed by atoms with E-state index < -0.39 is 0 Å². The summed E-state index contributed by atoms with van der Waals surface area (Å²) >= 11 is 0. The lowest BCUT2D eigenvalue weighted by molar-refractivity contribution is -0.131. The van der Waals surface area contributed by atoms with Crippen LogP contribution in [-0.4, -0.2) is 100 Å². The molecule has 0 spiro atoms. The third-order valence-electron chi connectivity index (χ3n) is 5.91. The number of hydrogen-bond donors (Lipinski definition) is 1. The molecule has 1 aromatic rings. The first-order valence-electron chi connectivity index (χ1n) is 11.6. The molecule has 2 aliphatic rings. The highest BCUT2D eigenvalue weighted by atomic mass is 127. The second-order valence-corrected chi connectivity index (χ2v) is 8.13. The van der Waals surface area contributed by atoms with Gasteiger partial charge >= 0.3 is 0 Å². The van der Waals surface area contributed by atoms with Gasteiger partial charge in [-0.05, 0) is 19.3 Å². The molecule has 2 fully saturated rings. The lowest BCUT2D eigenvalue weighted by Gasteiger charge is -2.36. The van der Waals surface area contributed by atoms with E-state index in [1.165, 1.54) is 0 Å². The minimum absolute atomic E-state index is 0. The lowest BCUT2D eigenvalue weighted by Crippen LogP contribution is -2.54. The molecule has 1 N–H and O–H groups in total. The van der Waals surface area contributed by atoms with Gasteiger partial charge in [-0.2, -0.15) is 0 Å². The van der Waals surface area contributed by atoms with Crippen LogP contribution in [0.5, 0.6) is 0 Å². The Hall–Kier alpha value is -1.43. The number of aryl methyl sites for hydroxylation is 1. The highest BCUT2D eigenvalue weighted by Crippen LogP contribution is 2.09. The minimum Gasteiger partial charge on any atom is -0.354 e. The summed E-state index contributed by atoms with van der Waals surface area (Å²) in [6, 6.07) is 0. The Bertz CT molecular complexity index is 681. The first-order valence-corrected chi connectivity index (χ1v) is 11.6. The van der Waals surface area contributed by atoms with Crippen molar-refractivity contribution in [1.29, 1.82) is 0 Å². The topological polar surface area (TPSA) is 81.9 Å². The van der Waals surface area contributed by atoms with Crippen molar-refractivity contribution in [3.63, 3.8) is 0 Å². The molecule has 176 valence electrons. The molecular formula is C21H39IN8O. The maximum absolute atomic E-state index is 12.4. The van der Waals surface area contributed by atoms with Crippen LogP contribution in [0.1, 0.15) is 45.4 Å². The molecule has 2 aliphatic heterocycles. The van der Waals surface area contributed by atoms with Crippen molar-refractivity contribution >= 4 is 35.8 Å². The molecule has 3 rings (SSSR count). The van der Waals surface area contributed by atoms with Gasteiger partial charge in [0, 0.05) is 65.3 Å². The fourth-order valence-electron chi connectivity index (χ4n) is 4.01. The summed E-state index contributed by atoms with van der Waals surface area (Å²) in [6.45, 7) is 12.8. The molecule has 0 bridgehead atoms. The van der Waals surface area contributed by atoms with Crippen LogP contribution in [0.4, 0.5) is 0 Å². The predicted molar refractivity (Wildman–Crippen MR) is 134 cm³/mol. The summed E-state index contributed by atoms with van der Waals surface area (Å²) < 4.78 is 2.10. The molecule has 31 heavy (non-hydrogen) atoms. The Morgan fingerprint density at radius 1 is 1.10 bits per heavy atom. The second-order valence-electron chi connectivity index (χ2n) is 8.13. The van der Waals surface area contributed by atoms with Crippen molar-refractivity contribution in [3.8, 4) is 0 Å². The van der Waals surface area contributed by atoms with E-state index in [2.05, 4.69) is 43.7 Å². The number of guanidine groups is 1. The second kappa shape index (κ2) is 13.9. The van der Waals surface area contributed by atoms with E-state index in [4.69, 9.17) is 4.99 Å². The first-order chi connectivity index (χ1) is 14.7. The van der Waals surface area contributed by atoms with Crippen molar-refractivity contribution in [2.24, 2.45) is 4.99 Å². The zero-order valence-corrected chi connectivity index (χ0v) is 21.5. The number of halogens is 1. The lowest BCUT2D eigenvalue weighted by atomic mass is 10.3. The van der Waals surface area contributed by atoms with Crippen molar-refractivity contribution in [2.45, 2.75) is 52.5 Å². The molecule has 0 aliphatic carbocycles. The molecule has 9 nitrogen and oxygen atoms in total. The summed E-state index contributed by atoms with van der Waals surface area (Å²) in [7, 11) is 0. The van der Waals surface area contributed by atoms with Crippen LogP contribution in [0, 0.1) is 0 Å². The summed E-state index contributed by atoms with van der Waals surface area (Å²) in [4.78, 5) is 23.9. The van der Waals surface area contributed by atoms with Crippen molar-refractivity contribution in [1.82, 2.24) is 34.8 Å². The summed E-state index contributed by atoms with van der Waals surface area (Å²) in [5, 5.41) is 11.7. The first kappa shape index (κ1) is 25.8. The molecule has 10 heteroatoms. The van der Waals surface area contributed by atoms with Gasteiger partial charge in [0.1, 0.15) is 12.2 Å². The largest absolute Gasteiger partial charge is 0.354 e. The number of carbonyl (C=O) groups is 1. The average Bonchev–Trinajstić information content (AvgIpc) is 3.45. The van der Waals surface area contributed by atoms with E-state index in [9.17, 15) is 4.79 Å². The number of unbranched alkanes of at least 4 members (excludes halogenated alkanes) is 1. The number of amides is 1. The zero-order chi connectivity index (χ0) is 21.2. The van der Waals surface area contributed by atoms with Crippen LogP contribution in [0.25, 0.3) is 0 Å². The number of nitrogens with zero attached hydrogens (tertiary/aromatic N) is 7. The van der Waals surface area contributed by atoms with Crippen LogP contribution >= 0.6 is 24.0 Å². The fraction of sp³-hybridized carbons (Fsp3) is 0.810. The van der Waals surface area contributed by atoms with Gasteiger partial charge in [-0.1, -0.05) is 20.3 Å². The quantitative estimate of drug-likeness (QED) is 0.219. The fourth-order valence-corrected chi connectivity index (χ4v) is 4.01. The van der Waals surface area contributed by atoms with Crippen molar-refractivity contribution < 1.29 is 4.79 Å². The number of aromatic nitrogens is 3. The highest BCUT2D eigenvalue weighted by Gasteiger charge is 2.24. The average molecular weight is 547 g/mol. The van der Waals surface area contributed by atoms with E-state index in [-0.39, 0.29) is 29.9 Å². The minimum atomic E-state index is 0. The van der Waals surface area contributed by atoms with Gasteiger partial charge < -0.3 is 19.7 Å². The molecule has 0 atom stereocenters. The molecule has 1 amide bonds. The van der Waals surface area contributed by atoms with E-state index >= 15 is 0 Å². The maximum atomic E-state index is 12.4. The number of carbonyl (C=O) groups excluding carboxylic acids is 1. The maximum Gasteiger partial charge on any atom is 0.236 e. The van der Waals surface area contributed by atoms with Crippen molar-refractivity contribution in [2.75, 3.05) is 58.9 Å². The van der Waals surface area contributed by atoms with E-state index in [1.807, 2.05) is 4.90 Å². The number of rotatable bonds is 9. The number of nitrogens with one attached hydrogen (secondary N) is 1. The Kier molecular flexibility index (Phi) is 11.6. The van der Waals surface area contributed by atoms with Crippen LogP contribution in [-0.2, 0) is 17.8 Å². The van der Waals surface area contributed by atoms with Crippen LogP contribution in [0.2, 0.25) is 0 Å². The standard InChI is InChI=1S/C21H38N8O.HI/c1-3-5-8-22-21(23-9-12-29-18-24-25-19(29)4-2)28-15-13-26(14-16-28)17-20(30)27-10-6-7-11-27;/h18H,3-17H2,1-2H3,(H,22,23);1H. The normalized spacial score (nSPS) is 17.7. The van der Waals surface area contributed by atoms with Crippen LogP contribution in [0.3, 0.4) is 0 Å². The molecule has 0 radical (unpaired) electrons. The van der Waals surface area contributed by atoms with E-state index in [1.54, 1.807) is 6.33 Å². The van der Waals surface area contributed by atoms with Crippen LogP contribution in [0.15, 0.2) is 11.3 Å². The monoisotopic (exact) mass is 546 g/mol. The predicted octanol–water partition coefficient (Wildman–Crippen LogP) is 1.44. The Morgan fingerprint density at radius 2 is 1.84 bits per heavy atom. The Balaban J connectivity index is 0.00000341. The molecule has 0 saturated carbocycles. The number of hydrogen-bond acceptors (Lipinski definition) is 5. The molecule has 0 unspecified atom stereocenters. The van der Waals surface area contributed by atoms with Gasteiger partial charge in [0.05, 0.1) is 6.54 Å². The molecular weight excluding hydrogens is 507 g/mol. The summed E-state index contributed by atoms with van der Waals surface area (Å²) in [5.74, 6) is 2.29. The third-order valence-corrected chi connectivity index (χ3v) is 5.91. The number of likely N-dealkylation sites (tertiary alicyclic amines) is 1. The third kappa shape index (κ3) is 7.89. The van der Waals surface area contributed by atoms with Gasteiger partial charge in [0.2, 0.25) is 5.91 Å². The smallest absolute Gasteiger partial charge is 0.236 e. The van der Waals surface area contributed by atoms with E-state index in [0.717, 1.165) is 103 Å². The molecule has 0 aromatic carbocycles. The number of aliphatic imine (C=N–C) groups is 1. The van der Waals surface area contributed by atoms with Gasteiger partial charge in [-0.25, -0.2) is 0 Å². The van der Waals surface area contributed by atoms with Gasteiger partial charge in [0.25, 0.3) is 0 Å². The molecule has 2 saturated heterocycles. The zero-order valence-electron chi connectivity index (χ0n) is 19.1. The Morgan fingerprint density at radius 3 is 2.52 bits per heavy atom. The molecule has 3 heterocycles. The van der Waals surface area contributed by atoms with Crippen LogP contribution < -0.4 is 5.32 Å². The Labute approximate surface area is 203 Å². The summed E-state index contributed by atoms with van der Waals surface area (Å²) in [5.41, 5.74) is 0. The van der Waals surface area contributed by atoms with Crippen molar-refractivity contribution in [3.05, 3.63) is 12.2 Å². The number of piperazine rings is 1. The van der Waals surface area contributed by atoms with Gasteiger partial charge in [0.15, 0.2) is 5.96 Å². The highest BCUT2D eigenvalue weighted by molar-refractivity contribution is 14.0.